The van der Waals surface area contributed by atoms with Crippen LogP contribution in [0.15, 0.2) is 66.2 Å². The van der Waals surface area contributed by atoms with Gasteiger partial charge in [0.25, 0.3) is 5.91 Å². The lowest BCUT2D eigenvalue weighted by Gasteiger charge is -2.26. The van der Waals surface area contributed by atoms with E-state index in [1.807, 2.05) is 30.3 Å². The Morgan fingerprint density at radius 3 is 2.67 bits per heavy atom. The van der Waals surface area contributed by atoms with Gasteiger partial charge in [-0.25, -0.2) is 0 Å². The van der Waals surface area contributed by atoms with Gasteiger partial charge in [0.05, 0.1) is 18.2 Å². The second kappa shape index (κ2) is 8.60. The summed E-state index contributed by atoms with van der Waals surface area (Å²) in [6, 6.07) is 12.5. The molecule has 0 bridgehead atoms. The van der Waals surface area contributed by atoms with Gasteiger partial charge in [0.1, 0.15) is 0 Å². The number of hydrogen-bond donors (Lipinski definition) is 1. The highest BCUT2D eigenvalue weighted by molar-refractivity contribution is 6.09. The van der Waals surface area contributed by atoms with Crippen LogP contribution in [0.5, 0.6) is 0 Å². The average Bonchev–Trinajstić information content (AvgIpc) is 2.96. The molecule has 27 heavy (non-hydrogen) atoms. The molecule has 1 amide bonds. The summed E-state index contributed by atoms with van der Waals surface area (Å²) in [5.41, 5.74) is 1.86. The SMILES string of the molecule is COCCN1C(=O)C(O)=C(C(=O)CCc2ccccc2)C1c1cccnc1. The van der Waals surface area contributed by atoms with Crippen LogP contribution in [0.4, 0.5) is 0 Å². The Bertz CT molecular complexity index is 834. The van der Waals surface area contributed by atoms with Crippen LogP contribution in [0.25, 0.3) is 0 Å². The summed E-state index contributed by atoms with van der Waals surface area (Å²) >= 11 is 0. The van der Waals surface area contributed by atoms with Crippen LogP contribution in [-0.2, 0) is 20.7 Å². The second-order valence-corrected chi connectivity index (χ2v) is 6.35. The number of methoxy groups -OCH3 is 1. The number of amides is 1. The van der Waals surface area contributed by atoms with E-state index in [9.17, 15) is 14.7 Å². The van der Waals surface area contributed by atoms with Gasteiger partial charge in [-0.2, -0.15) is 0 Å². The molecule has 0 saturated heterocycles. The van der Waals surface area contributed by atoms with Gasteiger partial charge in [0, 0.05) is 32.5 Å². The highest BCUT2D eigenvalue weighted by Crippen LogP contribution is 2.37. The molecule has 0 saturated carbocycles. The average molecular weight is 366 g/mol. The number of carbonyl (C=O) groups excluding carboxylic acids is 2. The van der Waals surface area contributed by atoms with Gasteiger partial charge in [-0.05, 0) is 23.6 Å². The molecule has 0 spiro atoms. The molecule has 2 heterocycles. The maximum Gasteiger partial charge on any atom is 0.290 e. The predicted octanol–water partition coefficient (Wildman–Crippen LogP) is 2.63. The zero-order chi connectivity index (χ0) is 19.2. The summed E-state index contributed by atoms with van der Waals surface area (Å²) in [7, 11) is 1.54. The molecule has 2 aromatic rings. The molecule has 0 radical (unpaired) electrons. The number of nitrogens with zero attached hydrogens (tertiary/aromatic N) is 2. The Morgan fingerprint density at radius 2 is 2.00 bits per heavy atom. The number of Topliss-reactive ketones (excluding diaryl/α,β-unsaturated/α-hetero) is 1. The number of carbonyl (C=O) groups is 2. The lowest BCUT2D eigenvalue weighted by Crippen LogP contribution is -2.34. The van der Waals surface area contributed by atoms with Gasteiger partial charge in [0.2, 0.25) is 0 Å². The fourth-order valence-electron chi connectivity index (χ4n) is 3.28. The Kier molecular flexibility index (Phi) is 5.98. The molecule has 6 heteroatoms. The lowest BCUT2D eigenvalue weighted by molar-refractivity contribution is -0.130. The Hall–Kier alpha value is -2.99. The first-order valence-corrected chi connectivity index (χ1v) is 8.83. The minimum atomic E-state index is -0.648. The molecule has 1 aliphatic rings. The van der Waals surface area contributed by atoms with Crippen LogP contribution in [0.3, 0.4) is 0 Å². The Balaban J connectivity index is 1.87. The largest absolute Gasteiger partial charge is 0.503 e. The summed E-state index contributed by atoms with van der Waals surface area (Å²) in [6.07, 6.45) is 4.00. The molecule has 1 aromatic carbocycles. The van der Waals surface area contributed by atoms with E-state index in [1.165, 1.54) is 4.90 Å². The summed E-state index contributed by atoms with van der Waals surface area (Å²) < 4.78 is 5.08. The highest BCUT2D eigenvalue weighted by atomic mass is 16.5. The predicted molar refractivity (Wildman–Crippen MR) is 100.0 cm³/mol. The van der Waals surface area contributed by atoms with Crippen molar-refractivity contribution in [3.05, 3.63) is 77.3 Å². The maximum absolute atomic E-state index is 12.9. The van der Waals surface area contributed by atoms with Crippen molar-refractivity contribution in [2.24, 2.45) is 0 Å². The van der Waals surface area contributed by atoms with Gasteiger partial charge in [-0.3, -0.25) is 14.6 Å². The summed E-state index contributed by atoms with van der Waals surface area (Å²) in [4.78, 5) is 31.1. The number of aliphatic hydroxyl groups is 1. The number of aryl methyl sites for hydroxylation is 1. The molecule has 0 aliphatic carbocycles. The van der Waals surface area contributed by atoms with Crippen molar-refractivity contribution in [1.82, 2.24) is 9.88 Å². The van der Waals surface area contributed by atoms with Crippen molar-refractivity contribution in [2.75, 3.05) is 20.3 Å². The number of aromatic nitrogens is 1. The number of ether oxygens (including phenoxy) is 1. The minimum absolute atomic E-state index is 0.139. The molecular formula is C21H22N2O4. The van der Waals surface area contributed by atoms with Gasteiger partial charge < -0.3 is 14.7 Å². The van der Waals surface area contributed by atoms with Crippen molar-refractivity contribution < 1.29 is 19.4 Å². The van der Waals surface area contributed by atoms with Crippen LogP contribution < -0.4 is 0 Å². The van der Waals surface area contributed by atoms with Gasteiger partial charge >= 0.3 is 0 Å². The number of pyridine rings is 1. The molecular weight excluding hydrogens is 344 g/mol. The molecule has 1 atom stereocenters. The zero-order valence-electron chi connectivity index (χ0n) is 15.2. The van der Waals surface area contributed by atoms with Gasteiger partial charge in [-0.1, -0.05) is 36.4 Å². The van der Waals surface area contributed by atoms with Crippen molar-refractivity contribution in [3.63, 3.8) is 0 Å². The van der Waals surface area contributed by atoms with Gasteiger partial charge in [0.15, 0.2) is 11.5 Å². The highest BCUT2D eigenvalue weighted by Gasteiger charge is 2.43. The van der Waals surface area contributed by atoms with Crippen LogP contribution in [0.2, 0.25) is 0 Å². The van der Waals surface area contributed by atoms with E-state index >= 15 is 0 Å². The number of aliphatic hydroxyl groups excluding tert-OH is 1. The third kappa shape index (κ3) is 4.06. The maximum atomic E-state index is 12.9. The van der Waals surface area contributed by atoms with E-state index in [2.05, 4.69) is 4.98 Å². The Morgan fingerprint density at radius 1 is 1.22 bits per heavy atom. The molecule has 140 valence electrons. The normalized spacial score (nSPS) is 16.9. The monoisotopic (exact) mass is 366 g/mol. The molecule has 1 N–H and O–H groups in total. The van der Waals surface area contributed by atoms with Gasteiger partial charge in [-0.15, -0.1) is 0 Å². The number of rotatable bonds is 8. The summed E-state index contributed by atoms with van der Waals surface area (Å²) in [5, 5.41) is 10.4. The van der Waals surface area contributed by atoms with Crippen LogP contribution >= 0.6 is 0 Å². The van der Waals surface area contributed by atoms with E-state index < -0.39 is 17.7 Å². The van der Waals surface area contributed by atoms with Crippen molar-refractivity contribution in [3.8, 4) is 0 Å². The van der Waals surface area contributed by atoms with E-state index in [-0.39, 0.29) is 24.3 Å². The number of benzene rings is 1. The summed E-state index contributed by atoms with van der Waals surface area (Å²) in [6.45, 7) is 0.579. The summed E-state index contributed by atoms with van der Waals surface area (Å²) in [5.74, 6) is -1.26. The topological polar surface area (TPSA) is 79.7 Å². The quantitative estimate of drug-likeness (QED) is 0.777. The van der Waals surface area contributed by atoms with E-state index in [0.717, 1.165) is 5.56 Å². The molecule has 1 aromatic heterocycles. The molecule has 3 rings (SSSR count). The molecule has 1 aliphatic heterocycles. The first-order chi connectivity index (χ1) is 13.1. The van der Waals surface area contributed by atoms with E-state index in [1.54, 1.807) is 31.6 Å². The fourth-order valence-corrected chi connectivity index (χ4v) is 3.28. The van der Waals surface area contributed by atoms with Crippen LogP contribution in [0, 0.1) is 0 Å². The third-order valence-corrected chi connectivity index (χ3v) is 4.62. The third-order valence-electron chi connectivity index (χ3n) is 4.62. The van der Waals surface area contributed by atoms with Crippen LogP contribution in [0.1, 0.15) is 23.6 Å². The van der Waals surface area contributed by atoms with Crippen molar-refractivity contribution >= 4 is 11.7 Å². The molecule has 1 unspecified atom stereocenters. The Labute approximate surface area is 158 Å². The smallest absolute Gasteiger partial charge is 0.290 e. The lowest BCUT2D eigenvalue weighted by atomic mass is 9.94. The zero-order valence-corrected chi connectivity index (χ0v) is 15.2. The second-order valence-electron chi connectivity index (χ2n) is 6.35. The van der Waals surface area contributed by atoms with Crippen molar-refractivity contribution in [1.29, 1.82) is 0 Å². The first kappa shape index (κ1) is 18.8. The standard InChI is InChI=1S/C21H22N2O4/c1-27-13-12-23-19(16-8-5-11-22-14-16)18(20(25)21(23)26)17(24)10-9-15-6-3-2-4-7-15/h2-8,11,14,19,25H,9-10,12-13H2,1H3. The van der Waals surface area contributed by atoms with Crippen molar-refractivity contribution in [2.45, 2.75) is 18.9 Å². The number of hydrogen-bond acceptors (Lipinski definition) is 5. The number of ketones is 1. The molecule has 6 nitrogen and oxygen atoms in total. The molecule has 0 fully saturated rings. The van der Waals surface area contributed by atoms with E-state index in [4.69, 9.17) is 4.74 Å². The van der Waals surface area contributed by atoms with Crippen LogP contribution in [-0.4, -0.2) is 46.9 Å². The first-order valence-electron chi connectivity index (χ1n) is 8.83. The minimum Gasteiger partial charge on any atom is -0.503 e. The fraction of sp³-hybridized carbons (Fsp3) is 0.286. The van der Waals surface area contributed by atoms with E-state index in [0.29, 0.717) is 18.6 Å².